The summed E-state index contributed by atoms with van der Waals surface area (Å²) in [6.07, 6.45) is 1.26. The monoisotopic (exact) mass is 443 g/mol. The molecule has 8 nitrogen and oxygen atoms in total. The molecule has 31 heavy (non-hydrogen) atoms. The Morgan fingerprint density at radius 3 is 2.13 bits per heavy atom. The second-order valence-corrected chi connectivity index (χ2v) is 9.26. The Bertz CT molecular complexity index is 930. The van der Waals surface area contributed by atoms with Crippen molar-refractivity contribution in [1.82, 2.24) is 9.88 Å². The van der Waals surface area contributed by atoms with Crippen molar-refractivity contribution in [2.45, 2.75) is 40.7 Å². The average molecular weight is 444 g/mol. The fraction of sp³-hybridized carbons (Fsp3) is 0.455. The molecule has 1 saturated heterocycles. The van der Waals surface area contributed by atoms with Crippen molar-refractivity contribution in [3.63, 3.8) is 0 Å². The molecule has 2 aromatic rings. The highest BCUT2D eigenvalue weighted by Gasteiger charge is 2.22. The maximum absolute atomic E-state index is 12.8. The van der Waals surface area contributed by atoms with Crippen LogP contribution >= 0.6 is 11.3 Å². The number of piperidine rings is 1. The van der Waals surface area contributed by atoms with Gasteiger partial charge in [-0.2, -0.15) is 0 Å². The van der Waals surface area contributed by atoms with Crippen molar-refractivity contribution >= 4 is 45.6 Å². The minimum atomic E-state index is -0.361. The summed E-state index contributed by atoms with van der Waals surface area (Å²) in [5.74, 6) is 0.458. The summed E-state index contributed by atoms with van der Waals surface area (Å²) in [5, 5.41) is 10.6. The zero-order valence-electron chi connectivity index (χ0n) is 18.3. The van der Waals surface area contributed by atoms with Gasteiger partial charge in [0.15, 0.2) is 5.13 Å². The van der Waals surface area contributed by atoms with Crippen molar-refractivity contribution in [2.24, 2.45) is 11.8 Å². The van der Waals surface area contributed by atoms with Crippen molar-refractivity contribution in [3.8, 4) is 0 Å². The Labute approximate surface area is 186 Å². The van der Waals surface area contributed by atoms with Gasteiger partial charge in [-0.25, -0.2) is 4.98 Å². The molecule has 3 N–H and O–H groups in total. The average Bonchev–Trinajstić information content (AvgIpc) is 3.06. The quantitative estimate of drug-likeness (QED) is 0.630. The zero-order valence-corrected chi connectivity index (χ0v) is 19.1. The van der Waals surface area contributed by atoms with E-state index in [1.165, 1.54) is 31.6 Å². The highest BCUT2D eigenvalue weighted by Crippen LogP contribution is 2.25. The maximum Gasteiger partial charge on any atom is 0.257 e. The van der Waals surface area contributed by atoms with Gasteiger partial charge in [0.2, 0.25) is 11.8 Å². The van der Waals surface area contributed by atoms with Crippen molar-refractivity contribution in [1.29, 1.82) is 0 Å². The molecule has 1 aromatic carbocycles. The molecule has 0 spiro atoms. The van der Waals surface area contributed by atoms with E-state index in [0.29, 0.717) is 33.9 Å². The number of carbonyl (C=O) groups is 3. The zero-order chi connectivity index (χ0) is 22.5. The van der Waals surface area contributed by atoms with E-state index in [2.05, 4.69) is 39.7 Å². The van der Waals surface area contributed by atoms with E-state index in [1.807, 2.05) is 5.38 Å². The predicted molar refractivity (Wildman–Crippen MR) is 123 cm³/mol. The topological polar surface area (TPSA) is 103 Å². The lowest BCUT2D eigenvalue weighted by atomic mass is 9.92. The van der Waals surface area contributed by atoms with Gasteiger partial charge in [0.25, 0.3) is 5.91 Å². The lowest BCUT2D eigenvalue weighted by Gasteiger charge is -2.34. The SMILES string of the molecule is CC(=O)Nc1cc(NC(C)=O)cc(C(=O)Nc2nc(CN3CC(C)CC(C)C3)cs2)c1. The number of aromatic nitrogens is 1. The Balaban J connectivity index is 1.69. The number of carbonyl (C=O) groups excluding carboxylic acids is 3. The van der Waals surface area contributed by atoms with Crippen molar-refractivity contribution < 1.29 is 14.4 Å². The molecular formula is C22H29N5O3S. The Kier molecular flexibility index (Phi) is 7.40. The number of anilines is 3. The third kappa shape index (κ3) is 6.86. The normalized spacial score (nSPS) is 19.0. The number of thiazole rings is 1. The number of nitrogens with zero attached hydrogens (tertiary/aromatic N) is 2. The Hall–Kier alpha value is -2.78. The number of hydrogen-bond donors (Lipinski definition) is 3. The van der Waals surface area contributed by atoms with Crippen LogP contribution in [0.25, 0.3) is 0 Å². The first kappa shape index (κ1) is 22.9. The number of rotatable bonds is 6. The summed E-state index contributed by atoms with van der Waals surface area (Å²) < 4.78 is 0. The summed E-state index contributed by atoms with van der Waals surface area (Å²) in [4.78, 5) is 42.6. The molecule has 3 rings (SSSR count). The van der Waals surface area contributed by atoms with Crippen LogP contribution < -0.4 is 16.0 Å². The minimum Gasteiger partial charge on any atom is -0.326 e. The molecule has 2 heterocycles. The second kappa shape index (κ2) is 10.0. The van der Waals surface area contributed by atoms with E-state index in [1.54, 1.807) is 18.2 Å². The number of amides is 3. The molecule has 1 aliphatic rings. The van der Waals surface area contributed by atoms with Crippen LogP contribution in [0.5, 0.6) is 0 Å². The van der Waals surface area contributed by atoms with Gasteiger partial charge in [0.1, 0.15) is 0 Å². The fourth-order valence-electron chi connectivity index (χ4n) is 4.07. The van der Waals surface area contributed by atoms with Crippen LogP contribution in [0.3, 0.4) is 0 Å². The minimum absolute atomic E-state index is 0.266. The van der Waals surface area contributed by atoms with E-state index >= 15 is 0 Å². The van der Waals surface area contributed by atoms with Gasteiger partial charge in [0, 0.05) is 55.8 Å². The molecule has 0 radical (unpaired) electrons. The largest absolute Gasteiger partial charge is 0.326 e. The Morgan fingerprint density at radius 2 is 1.58 bits per heavy atom. The smallest absolute Gasteiger partial charge is 0.257 e. The summed E-state index contributed by atoms with van der Waals surface area (Å²) in [6.45, 7) is 10.2. The number of likely N-dealkylation sites (tertiary alicyclic amines) is 1. The van der Waals surface area contributed by atoms with Crippen LogP contribution in [0.4, 0.5) is 16.5 Å². The van der Waals surface area contributed by atoms with Crippen LogP contribution in [0.2, 0.25) is 0 Å². The van der Waals surface area contributed by atoms with Gasteiger partial charge in [-0.3, -0.25) is 24.6 Å². The third-order valence-electron chi connectivity index (χ3n) is 4.94. The standard InChI is InChI=1S/C22H29N5O3S/c1-13-5-14(2)10-27(9-13)11-20-12-31-22(25-20)26-21(30)17-6-18(23-15(3)28)8-19(7-17)24-16(4)29/h6-8,12-14H,5,9-11H2,1-4H3,(H,23,28)(H,24,29)(H,25,26,30). The van der Waals surface area contributed by atoms with Gasteiger partial charge < -0.3 is 10.6 Å². The van der Waals surface area contributed by atoms with Crippen LogP contribution in [0.1, 0.15) is 50.2 Å². The van der Waals surface area contributed by atoms with Gasteiger partial charge >= 0.3 is 0 Å². The molecule has 1 aliphatic heterocycles. The molecule has 2 unspecified atom stereocenters. The van der Waals surface area contributed by atoms with E-state index in [0.717, 1.165) is 25.3 Å². The van der Waals surface area contributed by atoms with Crippen molar-refractivity contribution in [3.05, 3.63) is 34.8 Å². The van der Waals surface area contributed by atoms with Gasteiger partial charge in [-0.15, -0.1) is 11.3 Å². The molecule has 1 fully saturated rings. The first-order valence-corrected chi connectivity index (χ1v) is 11.2. The fourth-order valence-corrected chi connectivity index (χ4v) is 4.76. The highest BCUT2D eigenvalue weighted by atomic mass is 32.1. The van der Waals surface area contributed by atoms with E-state index in [4.69, 9.17) is 0 Å². The van der Waals surface area contributed by atoms with Gasteiger partial charge in [-0.1, -0.05) is 13.8 Å². The molecule has 0 bridgehead atoms. The molecule has 0 aliphatic carbocycles. The van der Waals surface area contributed by atoms with E-state index < -0.39 is 0 Å². The number of hydrogen-bond acceptors (Lipinski definition) is 6. The van der Waals surface area contributed by atoms with E-state index in [-0.39, 0.29) is 17.7 Å². The maximum atomic E-state index is 12.8. The second-order valence-electron chi connectivity index (χ2n) is 8.40. The first-order valence-electron chi connectivity index (χ1n) is 10.4. The lowest BCUT2D eigenvalue weighted by molar-refractivity contribution is -0.115. The lowest BCUT2D eigenvalue weighted by Crippen LogP contribution is -2.38. The highest BCUT2D eigenvalue weighted by molar-refractivity contribution is 7.14. The Morgan fingerprint density at radius 1 is 1.00 bits per heavy atom. The molecule has 1 aromatic heterocycles. The molecule has 3 amide bonds. The molecule has 2 atom stereocenters. The molecule has 166 valence electrons. The van der Waals surface area contributed by atoms with Crippen LogP contribution in [-0.4, -0.2) is 40.7 Å². The van der Waals surface area contributed by atoms with Crippen LogP contribution in [0.15, 0.2) is 23.6 Å². The third-order valence-corrected chi connectivity index (χ3v) is 5.74. The van der Waals surface area contributed by atoms with Gasteiger partial charge in [0.05, 0.1) is 5.69 Å². The molecular weight excluding hydrogens is 414 g/mol. The predicted octanol–water partition coefficient (Wildman–Crippen LogP) is 3.79. The molecule has 9 heteroatoms. The molecule has 0 saturated carbocycles. The van der Waals surface area contributed by atoms with Crippen LogP contribution in [-0.2, 0) is 16.1 Å². The number of nitrogens with one attached hydrogen (secondary N) is 3. The summed E-state index contributed by atoms with van der Waals surface area (Å²) in [7, 11) is 0. The van der Waals surface area contributed by atoms with Crippen molar-refractivity contribution in [2.75, 3.05) is 29.0 Å². The van der Waals surface area contributed by atoms with E-state index in [9.17, 15) is 14.4 Å². The summed E-state index contributed by atoms with van der Waals surface area (Å²) in [6, 6.07) is 4.72. The first-order chi connectivity index (χ1) is 14.7. The number of benzene rings is 1. The van der Waals surface area contributed by atoms with Crippen LogP contribution in [0, 0.1) is 11.8 Å². The van der Waals surface area contributed by atoms with Gasteiger partial charge in [-0.05, 0) is 36.5 Å². The summed E-state index contributed by atoms with van der Waals surface area (Å²) in [5.41, 5.74) is 2.10. The summed E-state index contributed by atoms with van der Waals surface area (Å²) >= 11 is 1.38.